The Labute approximate surface area is 642 Å². The van der Waals surface area contributed by atoms with E-state index in [9.17, 15) is 0 Å². The van der Waals surface area contributed by atoms with Gasteiger partial charge < -0.3 is 27.8 Å². The van der Waals surface area contributed by atoms with Crippen molar-refractivity contribution in [2.75, 3.05) is 9.80 Å². The number of nitrogens with zero attached hydrogens (tertiary/aromatic N) is 4. The standard InChI is InChI=1S/C105H70N4O2/c1-105(2)95-65-81(59-61-85(95)86-62-60-82(66-96(86)105)109-99-31-13-8-22-89(99)90-23-9-14-32-100(90)109)107(77-47-38-69(39-48-77)67-18-4-3-5-19-67)78-49-40-70(41-50-78)68-34-36-71(37-35-68)74-46-63-102-94(64-74)93-28-17-26-84(104(93)111-102)73-44-53-76(54-45-73)106(75-51-42-72(43-52-75)83-25-16-27-92-91-24-10-15-33-101(91)110-103(83)92)79-55-57-80(58-56-79)108-97-29-11-6-20-87(97)88-21-7-12-30-98(88)108/h3-66H,1-2H3. The summed E-state index contributed by atoms with van der Waals surface area (Å²) in [6.07, 6.45) is 0. The predicted molar refractivity (Wildman–Crippen MR) is 464 cm³/mol. The molecule has 4 heterocycles. The van der Waals surface area contributed by atoms with E-state index in [2.05, 4.69) is 409 Å². The highest BCUT2D eigenvalue weighted by molar-refractivity contribution is 6.13. The van der Waals surface area contributed by atoms with Crippen LogP contribution in [0, 0.1) is 0 Å². The molecule has 1 aliphatic carbocycles. The van der Waals surface area contributed by atoms with Crippen LogP contribution in [-0.4, -0.2) is 9.13 Å². The molecule has 0 radical (unpaired) electrons. The third-order valence-electron chi connectivity index (χ3n) is 23.4. The van der Waals surface area contributed by atoms with Crippen LogP contribution in [0.1, 0.15) is 25.0 Å². The van der Waals surface area contributed by atoms with E-state index >= 15 is 0 Å². The summed E-state index contributed by atoms with van der Waals surface area (Å²) in [7, 11) is 0. The Hall–Kier alpha value is -14.5. The molecule has 0 saturated carbocycles. The number of anilines is 6. The fraction of sp³-hybridized carbons (Fsp3) is 0.0286. The molecule has 0 fully saturated rings. The molecule has 0 bridgehead atoms. The van der Waals surface area contributed by atoms with E-state index in [1.807, 2.05) is 12.1 Å². The van der Waals surface area contributed by atoms with Gasteiger partial charge in [-0.1, -0.05) is 263 Å². The Morgan fingerprint density at radius 1 is 0.216 bits per heavy atom. The van der Waals surface area contributed by atoms with Crippen molar-refractivity contribution in [1.82, 2.24) is 9.13 Å². The second-order valence-electron chi connectivity index (χ2n) is 29.9. The maximum Gasteiger partial charge on any atom is 0.143 e. The first-order valence-electron chi connectivity index (χ1n) is 38.2. The van der Waals surface area contributed by atoms with E-state index < -0.39 is 0 Å². The SMILES string of the molecule is CC1(C)c2cc(N(c3ccc(-c4ccccc4)cc3)c3ccc(-c4ccc(-c5ccc6oc7c(-c8ccc(N(c9ccc(-c%10cccc%11c%10oc%10ccccc%10%11)cc9)c9ccc(-n%10c%11ccccc%11c%11ccccc%11%10)cc9)cc8)cccc7c6c5)cc4)cc3)ccc2-c2ccc(-n3c4ccccc4c4ccccc43)cc21. The fourth-order valence-corrected chi connectivity index (χ4v) is 17.9. The van der Waals surface area contributed by atoms with Crippen molar-refractivity contribution in [1.29, 1.82) is 0 Å². The first-order valence-corrected chi connectivity index (χ1v) is 38.2. The summed E-state index contributed by atoms with van der Waals surface area (Å²) >= 11 is 0. The number of benzene rings is 17. The molecule has 0 N–H and O–H groups in total. The normalized spacial score (nSPS) is 12.5. The van der Waals surface area contributed by atoms with Gasteiger partial charge in [0.05, 0.1) is 22.1 Å². The van der Waals surface area contributed by atoms with Gasteiger partial charge in [-0.25, -0.2) is 0 Å². The van der Waals surface area contributed by atoms with Crippen molar-refractivity contribution in [2.24, 2.45) is 0 Å². The van der Waals surface area contributed by atoms with E-state index in [0.717, 1.165) is 128 Å². The topological polar surface area (TPSA) is 42.6 Å². The van der Waals surface area contributed by atoms with Crippen LogP contribution >= 0.6 is 0 Å². The summed E-state index contributed by atoms with van der Waals surface area (Å²) in [5.41, 5.74) is 33.1. The van der Waals surface area contributed by atoms with E-state index in [1.165, 1.54) is 82.7 Å². The Bertz CT molecular complexity index is 7140. The van der Waals surface area contributed by atoms with E-state index in [0.29, 0.717) is 0 Å². The van der Waals surface area contributed by atoms with Crippen LogP contribution in [0.15, 0.2) is 397 Å². The molecule has 17 aromatic carbocycles. The van der Waals surface area contributed by atoms with E-state index in [4.69, 9.17) is 8.83 Å². The van der Waals surface area contributed by atoms with E-state index in [1.54, 1.807) is 0 Å². The minimum atomic E-state index is -0.268. The van der Waals surface area contributed by atoms with Crippen molar-refractivity contribution >= 4 is 122 Å². The molecular formula is C105H70N4O2. The summed E-state index contributed by atoms with van der Waals surface area (Å²) in [6, 6.07) is 141. The Kier molecular flexibility index (Phi) is 14.6. The maximum absolute atomic E-state index is 6.87. The van der Waals surface area contributed by atoms with Gasteiger partial charge >= 0.3 is 0 Å². The van der Waals surface area contributed by atoms with Gasteiger partial charge in [0.1, 0.15) is 22.3 Å². The minimum absolute atomic E-state index is 0.268. The summed E-state index contributed by atoms with van der Waals surface area (Å²) in [5, 5.41) is 9.40. The maximum atomic E-state index is 6.87. The van der Waals surface area contributed by atoms with Crippen LogP contribution in [0.2, 0.25) is 0 Å². The van der Waals surface area contributed by atoms with Gasteiger partial charge in [0.15, 0.2) is 0 Å². The number of furan rings is 2. The predicted octanol–water partition coefficient (Wildman–Crippen LogP) is 29.3. The molecule has 0 atom stereocenters. The summed E-state index contributed by atoms with van der Waals surface area (Å²) in [6.45, 7) is 4.78. The number of rotatable bonds is 13. The molecule has 0 spiro atoms. The first-order chi connectivity index (χ1) is 54.8. The van der Waals surface area contributed by atoms with Crippen LogP contribution in [0.5, 0.6) is 0 Å². The molecule has 1 aliphatic rings. The number of hydrogen-bond donors (Lipinski definition) is 0. The van der Waals surface area contributed by atoms with Crippen LogP contribution in [0.3, 0.4) is 0 Å². The Morgan fingerprint density at radius 3 is 1.05 bits per heavy atom. The van der Waals surface area contributed by atoms with Crippen molar-refractivity contribution in [3.05, 3.63) is 399 Å². The summed E-state index contributed by atoms with van der Waals surface area (Å²) in [5.74, 6) is 0. The van der Waals surface area contributed by atoms with Gasteiger partial charge in [-0.05, 0) is 206 Å². The van der Waals surface area contributed by atoms with Crippen molar-refractivity contribution in [3.8, 4) is 78.1 Å². The second kappa shape index (κ2) is 25.3. The molecule has 111 heavy (non-hydrogen) atoms. The van der Waals surface area contributed by atoms with Gasteiger partial charge in [0.25, 0.3) is 0 Å². The quantitative estimate of drug-likeness (QED) is 0.115. The number of hydrogen-bond acceptors (Lipinski definition) is 4. The van der Waals surface area contributed by atoms with Crippen molar-refractivity contribution < 1.29 is 8.83 Å². The molecule has 6 nitrogen and oxygen atoms in total. The van der Waals surface area contributed by atoms with Gasteiger partial charge in [-0.15, -0.1) is 0 Å². The van der Waals surface area contributed by atoms with Crippen LogP contribution < -0.4 is 9.80 Å². The largest absolute Gasteiger partial charge is 0.455 e. The molecular weight excluding hydrogens is 1350 g/mol. The highest BCUT2D eigenvalue weighted by Gasteiger charge is 2.37. The van der Waals surface area contributed by atoms with Crippen LogP contribution in [-0.2, 0) is 5.41 Å². The van der Waals surface area contributed by atoms with Gasteiger partial charge in [0, 0.05) is 105 Å². The minimum Gasteiger partial charge on any atom is -0.455 e. The van der Waals surface area contributed by atoms with Crippen LogP contribution in [0.4, 0.5) is 34.1 Å². The molecule has 0 aliphatic heterocycles. The van der Waals surface area contributed by atoms with Gasteiger partial charge in [-0.3, -0.25) is 0 Å². The average Bonchev–Trinajstić information content (AvgIpc) is 1.56. The number of fused-ring (bicyclic) bond motifs is 15. The fourth-order valence-electron chi connectivity index (χ4n) is 17.9. The monoisotopic (exact) mass is 1420 g/mol. The molecule has 21 aromatic rings. The smallest absolute Gasteiger partial charge is 0.143 e. The zero-order chi connectivity index (χ0) is 73.4. The highest BCUT2D eigenvalue weighted by Crippen LogP contribution is 2.53. The molecule has 4 aromatic heterocycles. The lowest BCUT2D eigenvalue weighted by atomic mass is 9.82. The van der Waals surface area contributed by atoms with Gasteiger partial charge in [-0.2, -0.15) is 0 Å². The third-order valence-corrected chi connectivity index (χ3v) is 23.4. The lowest BCUT2D eigenvalue weighted by Crippen LogP contribution is -2.17. The van der Waals surface area contributed by atoms with Crippen LogP contribution in [0.25, 0.3) is 166 Å². The van der Waals surface area contributed by atoms with Crippen molar-refractivity contribution in [3.63, 3.8) is 0 Å². The lowest BCUT2D eigenvalue weighted by Gasteiger charge is -2.28. The highest BCUT2D eigenvalue weighted by atomic mass is 16.3. The Balaban J connectivity index is 0.556. The zero-order valence-electron chi connectivity index (χ0n) is 61.1. The summed E-state index contributed by atoms with van der Waals surface area (Å²) < 4.78 is 18.2. The third kappa shape index (κ3) is 10.4. The number of para-hydroxylation sites is 7. The second-order valence-corrected chi connectivity index (χ2v) is 29.9. The molecule has 0 amide bonds. The Morgan fingerprint density at radius 2 is 0.550 bits per heavy atom. The first kappa shape index (κ1) is 63.8. The molecule has 0 saturated heterocycles. The average molecular weight is 1420 g/mol. The lowest BCUT2D eigenvalue weighted by molar-refractivity contribution is 0.660. The van der Waals surface area contributed by atoms with E-state index in [-0.39, 0.29) is 5.41 Å². The molecule has 22 rings (SSSR count). The molecule has 522 valence electrons. The van der Waals surface area contributed by atoms with Crippen molar-refractivity contribution in [2.45, 2.75) is 19.3 Å². The zero-order valence-corrected chi connectivity index (χ0v) is 61.1. The van der Waals surface area contributed by atoms with Gasteiger partial charge in [0.2, 0.25) is 0 Å². The summed E-state index contributed by atoms with van der Waals surface area (Å²) in [4.78, 5) is 4.75. The molecule has 6 heteroatoms. The number of aromatic nitrogens is 2. The molecule has 0 unspecified atom stereocenters.